The summed E-state index contributed by atoms with van der Waals surface area (Å²) in [6.45, 7) is 0.405. The van der Waals surface area contributed by atoms with Gasteiger partial charge in [-0.05, 0) is 42.5 Å². The summed E-state index contributed by atoms with van der Waals surface area (Å²) in [5.74, 6) is 0.328. The Morgan fingerprint density at radius 1 is 1.07 bits per heavy atom. The van der Waals surface area contributed by atoms with Crippen LogP contribution in [-0.4, -0.2) is 26.4 Å². The predicted molar refractivity (Wildman–Crippen MR) is 108 cm³/mol. The monoisotopic (exact) mass is 408 g/mol. The normalized spacial score (nSPS) is 10.8. The molecule has 0 saturated heterocycles. The number of rotatable bonds is 7. The molecule has 2 aromatic heterocycles. The second-order valence-electron chi connectivity index (χ2n) is 6.18. The maximum absolute atomic E-state index is 13.3. The highest BCUT2D eigenvalue weighted by molar-refractivity contribution is 7.99. The van der Waals surface area contributed by atoms with Crippen LogP contribution in [0.3, 0.4) is 0 Å². The van der Waals surface area contributed by atoms with Crippen molar-refractivity contribution in [2.24, 2.45) is 0 Å². The first-order valence-electron chi connectivity index (χ1n) is 8.88. The molecule has 0 aliphatic heterocycles. The summed E-state index contributed by atoms with van der Waals surface area (Å²) in [4.78, 5) is 12.2. The Kier molecular flexibility index (Phi) is 5.71. The van der Waals surface area contributed by atoms with Crippen LogP contribution in [-0.2, 0) is 11.3 Å². The number of thioether (sulfide) groups is 1. The highest BCUT2D eigenvalue weighted by Crippen LogP contribution is 2.28. The molecular formula is C21H17FN4O2S. The summed E-state index contributed by atoms with van der Waals surface area (Å²) >= 11 is 1.29. The summed E-state index contributed by atoms with van der Waals surface area (Å²) in [5.41, 5.74) is 2.49. The van der Waals surface area contributed by atoms with E-state index in [-0.39, 0.29) is 17.5 Å². The largest absolute Gasteiger partial charge is 0.472 e. The van der Waals surface area contributed by atoms with Gasteiger partial charge in [0.15, 0.2) is 11.0 Å². The van der Waals surface area contributed by atoms with Gasteiger partial charge in [-0.25, -0.2) is 4.39 Å². The second-order valence-corrected chi connectivity index (χ2v) is 7.12. The average Bonchev–Trinajstić information content (AvgIpc) is 3.42. The molecule has 4 rings (SSSR count). The Morgan fingerprint density at radius 3 is 2.59 bits per heavy atom. The molecule has 0 aliphatic rings. The van der Waals surface area contributed by atoms with E-state index in [2.05, 4.69) is 15.5 Å². The van der Waals surface area contributed by atoms with Crippen molar-refractivity contribution in [1.29, 1.82) is 0 Å². The van der Waals surface area contributed by atoms with Crippen molar-refractivity contribution in [3.05, 3.63) is 84.6 Å². The zero-order valence-corrected chi connectivity index (χ0v) is 16.1. The van der Waals surface area contributed by atoms with Crippen LogP contribution in [0.2, 0.25) is 0 Å². The molecule has 0 bridgehead atoms. The Bertz CT molecular complexity index is 1080. The lowest BCUT2D eigenvalue weighted by molar-refractivity contribution is -0.118. The first-order valence-corrected chi connectivity index (χ1v) is 9.86. The van der Waals surface area contributed by atoms with E-state index in [9.17, 15) is 9.18 Å². The molecule has 2 aromatic carbocycles. The van der Waals surface area contributed by atoms with Crippen molar-refractivity contribution in [1.82, 2.24) is 20.1 Å². The van der Waals surface area contributed by atoms with Crippen LogP contribution in [0.4, 0.5) is 4.39 Å². The van der Waals surface area contributed by atoms with Gasteiger partial charge in [-0.2, -0.15) is 0 Å². The van der Waals surface area contributed by atoms with Gasteiger partial charge in [0.05, 0.1) is 18.3 Å². The van der Waals surface area contributed by atoms with Crippen LogP contribution in [0.15, 0.2) is 82.8 Å². The maximum atomic E-state index is 13.3. The third-order valence-corrected chi connectivity index (χ3v) is 5.08. The Morgan fingerprint density at radius 2 is 1.86 bits per heavy atom. The summed E-state index contributed by atoms with van der Waals surface area (Å²) in [6, 6.07) is 17.5. The van der Waals surface area contributed by atoms with E-state index in [1.54, 1.807) is 30.7 Å². The van der Waals surface area contributed by atoms with E-state index < -0.39 is 0 Å². The molecule has 0 atom stereocenters. The number of hydrogen-bond donors (Lipinski definition) is 1. The lowest BCUT2D eigenvalue weighted by atomic mass is 10.2. The zero-order chi connectivity index (χ0) is 20.1. The first-order chi connectivity index (χ1) is 14.2. The highest BCUT2D eigenvalue weighted by Gasteiger charge is 2.17. The number of aromatic nitrogens is 3. The van der Waals surface area contributed by atoms with Gasteiger partial charge >= 0.3 is 0 Å². The highest BCUT2D eigenvalue weighted by atomic mass is 32.2. The first kappa shape index (κ1) is 18.9. The van der Waals surface area contributed by atoms with Crippen molar-refractivity contribution in [2.45, 2.75) is 11.7 Å². The van der Waals surface area contributed by atoms with Crippen LogP contribution < -0.4 is 5.32 Å². The van der Waals surface area contributed by atoms with Crippen LogP contribution in [0.25, 0.3) is 17.1 Å². The lowest BCUT2D eigenvalue weighted by Gasteiger charge is -2.10. The fourth-order valence-electron chi connectivity index (χ4n) is 2.73. The molecule has 8 heteroatoms. The molecule has 146 valence electrons. The summed E-state index contributed by atoms with van der Waals surface area (Å²) < 4.78 is 20.2. The van der Waals surface area contributed by atoms with Crippen LogP contribution in [0.5, 0.6) is 0 Å². The van der Waals surface area contributed by atoms with E-state index >= 15 is 0 Å². The number of furan rings is 1. The number of amides is 1. The second kappa shape index (κ2) is 8.74. The molecule has 0 aliphatic carbocycles. The number of nitrogens with zero attached hydrogens (tertiary/aromatic N) is 3. The van der Waals surface area contributed by atoms with Crippen LogP contribution in [0.1, 0.15) is 5.56 Å². The summed E-state index contributed by atoms with van der Waals surface area (Å²) in [6.07, 6.45) is 3.16. The van der Waals surface area contributed by atoms with Gasteiger partial charge < -0.3 is 9.73 Å². The predicted octanol–water partition coefficient (Wildman–Crippen LogP) is 4.07. The number of nitrogens with one attached hydrogen (secondary N) is 1. The molecule has 1 N–H and O–H groups in total. The van der Waals surface area contributed by atoms with Gasteiger partial charge in [0.25, 0.3) is 0 Å². The quantitative estimate of drug-likeness (QED) is 0.467. The van der Waals surface area contributed by atoms with Crippen molar-refractivity contribution in [2.75, 3.05) is 5.75 Å². The van der Waals surface area contributed by atoms with Crippen LogP contribution >= 0.6 is 11.8 Å². The molecule has 0 spiro atoms. The molecule has 0 saturated carbocycles. The summed E-state index contributed by atoms with van der Waals surface area (Å²) in [5, 5.41) is 12.0. The Balaban J connectivity index is 1.55. The third-order valence-electron chi connectivity index (χ3n) is 4.15. The molecule has 0 fully saturated rings. The summed E-state index contributed by atoms with van der Waals surface area (Å²) in [7, 11) is 0. The standard InChI is InChI=1S/C21H17FN4O2S/c22-17-8-6-16(7-9-17)20-24-25-21(26(20)18-4-2-1-3-5-18)29-14-19(27)23-12-15-10-11-28-13-15/h1-11,13H,12,14H2,(H,23,27). The fraction of sp³-hybridized carbons (Fsp3) is 0.0952. The average molecular weight is 408 g/mol. The van der Waals surface area contributed by atoms with E-state index in [0.717, 1.165) is 16.8 Å². The number of halogens is 1. The number of hydrogen-bond acceptors (Lipinski definition) is 5. The molecule has 29 heavy (non-hydrogen) atoms. The van der Waals surface area contributed by atoms with Crippen molar-refractivity contribution >= 4 is 17.7 Å². The van der Waals surface area contributed by atoms with E-state index in [0.29, 0.717) is 17.5 Å². The minimum Gasteiger partial charge on any atom is -0.472 e. The number of carbonyl (C=O) groups is 1. The topological polar surface area (TPSA) is 73.0 Å². The lowest BCUT2D eigenvalue weighted by Crippen LogP contribution is -2.24. The molecule has 0 unspecified atom stereocenters. The van der Waals surface area contributed by atoms with E-state index in [1.807, 2.05) is 34.9 Å². The SMILES string of the molecule is O=C(CSc1nnc(-c2ccc(F)cc2)n1-c1ccccc1)NCc1ccoc1. The number of para-hydroxylation sites is 1. The van der Waals surface area contributed by atoms with Gasteiger partial charge in [0.1, 0.15) is 5.82 Å². The molecule has 0 radical (unpaired) electrons. The number of carbonyl (C=O) groups excluding carboxylic acids is 1. The minimum atomic E-state index is -0.316. The van der Waals surface area contributed by atoms with Crippen molar-refractivity contribution < 1.29 is 13.6 Å². The maximum Gasteiger partial charge on any atom is 0.230 e. The molecule has 2 heterocycles. The Labute approximate surface area is 170 Å². The Hall–Kier alpha value is -3.39. The van der Waals surface area contributed by atoms with Gasteiger partial charge in [-0.15, -0.1) is 10.2 Å². The molecule has 1 amide bonds. The minimum absolute atomic E-state index is 0.123. The van der Waals surface area contributed by atoms with Crippen molar-refractivity contribution in [3.63, 3.8) is 0 Å². The smallest absolute Gasteiger partial charge is 0.230 e. The van der Waals surface area contributed by atoms with E-state index in [4.69, 9.17) is 4.42 Å². The molecule has 6 nitrogen and oxygen atoms in total. The van der Waals surface area contributed by atoms with Crippen molar-refractivity contribution in [3.8, 4) is 17.1 Å². The van der Waals surface area contributed by atoms with Gasteiger partial charge in [0.2, 0.25) is 5.91 Å². The van der Waals surface area contributed by atoms with Gasteiger partial charge in [-0.1, -0.05) is 30.0 Å². The van der Waals surface area contributed by atoms with Crippen LogP contribution in [0, 0.1) is 5.82 Å². The zero-order valence-electron chi connectivity index (χ0n) is 15.3. The molecular weight excluding hydrogens is 391 g/mol. The van der Waals surface area contributed by atoms with Gasteiger partial charge in [-0.3, -0.25) is 9.36 Å². The fourth-order valence-corrected chi connectivity index (χ4v) is 3.52. The van der Waals surface area contributed by atoms with E-state index in [1.165, 1.54) is 23.9 Å². The molecule has 4 aromatic rings. The number of benzene rings is 2. The van der Waals surface area contributed by atoms with Gasteiger partial charge in [0, 0.05) is 23.4 Å². The third kappa shape index (κ3) is 4.55.